The van der Waals surface area contributed by atoms with Crippen molar-refractivity contribution >= 4 is 21.6 Å². The van der Waals surface area contributed by atoms with E-state index in [1.54, 1.807) is 0 Å². The number of rotatable bonds is 6. The number of carbonyl (C=O) groups excluding carboxylic acids is 1. The lowest BCUT2D eigenvalue weighted by molar-refractivity contribution is 0.102. The van der Waals surface area contributed by atoms with Gasteiger partial charge in [0.1, 0.15) is 10.7 Å². The number of para-hydroxylation sites is 1. The number of halogens is 1. The fourth-order valence-electron chi connectivity index (χ4n) is 2.92. The molecule has 0 spiro atoms. The van der Waals surface area contributed by atoms with Gasteiger partial charge in [0.2, 0.25) is 10.0 Å². The average Bonchev–Trinajstić information content (AvgIpc) is 2.61. The second-order valence-corrected chi connectivity index (χ2v) is 9.63. The standard InChI is InChI=1S/C21H27FN2O3S/c1-13(2)16-8-7-9-17(14(3)4)20(16)23-21(25)15-10-11-18(22)19(12-15)28(26,27)24(5)6/h7-14H,1-6H3,(H,23,25). The monoisotopic (exact) mass is 406 g/mol. The van der Waals surface area contributed by atoms with Gasteiger partial charge in [0, 0.05) is 25.3 Å². The molecule has 2 aromatic carbocycles. The van der Waals surface area contributed by atoms with Gasteiger partial charge < -0.3 is 5.32 Å². The molecule has 5 nitrogen and oxygen atoms in total. The third kappa shape index (κ3) is 4.42. The Labute approximate surface area is 166 Å². The van der Waals surface area contributed by atoms with Crippen LogP contribution in [-0.4, -0.2) is 32.7 Å². The van der Waals surface area contributed by atoms with Crippen molar-refractivity contribution in [2.75, 3.05) is 19.4 Å². The summed E-state index contributed by atoms with van der Waals surface area (Å²) in [5.41, 5.74) is 2.78. The van der Waals surface area contributed by atoms with Crippen LogP contribution in [0.3, 0.4) is 0 Å². The number of nitrogens with one attached hydrogen (secondary N) is 1. The van der Waals surface area contributed by atoms with Crippen LogP contribution in [0.4, 0.5) is 10.1 Å². The topological polar surface area (TPSA) is 66.5 Å². The summed E-state index contributed by atoms with van der Waals surface area (Å²) in [5.74, 6) is -1.00. The number of carbonyl (C=O) groups is 1. The highest BCUT2D eigenvalue weighted by Crippen LogP contribution is 2.33. The molecular weight excluding hydrogens is 379 g/mol. The molecule has 0 fully saturated rings. The van der Waals surface area contributed by atoms with Gasteiger partial charge in [0.25, 0.3) is 5.91 Å². The Hall–Kier alpha value is -2.25. The first-order valence-corrected chi connectivity index (χ1v) is 10.6. The van der Waals surface area contributed by atoms with Crippen molar-refractivity contribution in [1.82, 2.24) is 4.31 Å². The van der Waals surface area contributed by atoms with Crippen LogP contribution < -0.4 is 5.32 Å². The fourth-order valence-corrected chi connectivity index (χ4v) is 3.90. The molecule has 0 aliphatic carbocycles. The number of benzene rings is 2. The maximum Gasteiger partial charge on any atom is 0.255 e. The molecule has 7 heteroatoms. The first-order chi connectivity index (χ1) is 13.0. The van der Waals surface area contributed by atoms with Crippen LogP contribution in [0.5, 0.6) is 0 Å². The Morgan fingerprint density at radius 1 is 1.00 bits per heavy atom. The van der Waals surface area contributed by atoms with Gasteiger partial charge in [-0.2, -0.15) is 0 Å². The van der Waals surface area contributed by atoms with E-state index in [0.29, 0.717) is 0 Å². The zero-order valence-corrected chi connectivity index (χ0v) is 17.9. The van der Waals surface area contributed by atoms with Crippen LogP contribution in [0.25, 0.3) is 0 Å². The second kappa shape index (κ2) is 8.41. The molecule has 152 valence electrons. The summed E-state index contributed by atoms with van der Waals surface area (Å²) in [6.07, 6.45) is 0. The molecule has 0 atom stereocenters. The van der Waals surface area contributed by atoms with Gasteiger partial charge in [-0.1, -0.05) is 45.9 Å². The van der Waals surface area contributed by atoms with E-state index < -0.39 is 26.6 Å². The molecule has 0 radical (unpaired) electrons. The third-order valence-corrected chi connectivity index (χ3v) is 6.39. The van der Waals surface area contributed by atoms with Crippen molar-refractivity contribution < 1.29 is 17.6 Å². The Balaban J connectivity index is 2.50. The van der Waals surface area contributed by atoms with Crippen molar-refractivity contribution in [3.05, 3.63) is 58.9 Å². The molecular formula is C21H27FN2O3S. The molecule has 0 saturated carbocycles. The van der Waals surface area contributed by atoms with Crippen LogP contribution in [0.15, 0.2) is 41.3 Å². The summed E-state index contributed by atoms with van der Waals surface area (Å²) in [4.78, 5) is 12.4. The van der Waals surface area contributed by atoms with Gasteiger partial charge in [-0.25, -0.2) is 17.1 Å². The Morgan fingerprint density at radius 3 is 2.00 bits per heavy atom. The lowest BCUT2D eigenvalue weighted by Gasteiger charge is -2.20. The van der Waals surface area contributed by atoms with Crippen molar-refractivity contribution in [2.24, 2.45) is 0 Å². The van der Waals surface area contributed by atoms with Crippen LogP contribution in [0.2, 0.25) is 0 Å². The van der Waals surface area contributed by atoms with Crippen LogP contribution in [0.1, 0.15) is 61.0 Å². The minimum absolute atomic E-state index is 0.0788. The van der Waals surface area contributed by atoms with E-state index in [0.717, 1.165) is 33.3 Å². The van der Waals surface area contributed by atoms with E-state index in [9.17, 15) is 17.6 Å². The number of sulfonamides is 1. The molecule has 1 N–H and O–H groups in total. The zero-order chi connectivity index (χ0) is 21.2. The van der Waals surface area contributed by atoms with Crippen LogP contribution in [0, 0.1) is 5.82 Å². The van der Waals surface area contributed by atoms with Gasteiger partial charge in [-0.15, -0.1) is 0 Å². The molecule has 0 heterocycles. The molecule has 0 aromatic heterocycles. The van der Waals surface area contributed by atoms with E-state index in [1.807, 2.05) is 45.9 Å². The highest BCUT2D eigenvalue weighted by atomic mass is 32.2. The summed E-state index contributed by atoms with van der Waals surface area (Å²) in [7, 11) is -1.37. The lowest BCUT2D eigenvalue weighted by atomic mass is 9.92. The van der Waals surface area contributed by atoms with Gasteiger partial charge in [0.15, 0.2) is 0 Å². The fraction of sp³-hybridized carbons (Fsp3) is 0.381. The van der Waals surface area contributed by atoms with Crippen molar-refractivity contribution in [2.45, 2.75) is 44.4 Å². The van der Waals surface area contributed by atoms with E-state index in [4.69, 9.17) is 0 Å². The first-order valence-electron chi connectivity index (χ1n) is 9.13. The largest absolute Gasteiger partial charge is 0.321 e. The number of anilines is 1. The predicted molar refractivity (Wildman–Crippen MR) is 110 cm³/mol. The molecule has 1 amide bonds. The summed E-state index contributed by atoms with van der Waals surface area (Å²) >= 11 is 0. The highest BCUT2D eigenvalue weighted by molar-refractivity contribution is 7.89. The maximum absolute atomic E-state index is 14.1. The van der Waals surface area contributed by atoms with Gasteiger partial charge in [-0.05, 0) is 41.2 Å². The van der Waals surface area contributed by atoms with Crippen LogP contribution in [-0.2, 0) is 10.0 Å². The SMILES string of the molecule is CC(C)c1cccc(C(C)C)c1NC(=O)c1ccc(F)c(S(=O)(=O)N(C)C)c1. The Bertz CT molecular complexity index is 957. The number of hydrogen-bond acceptors (Lipinski definition) is 3. The summed E-state index contributed by atoms with van der Waals surface area (Å²) in [6, 6.07) is 9.24. The molecule has 0 aliphatic rings. The molecule has 2 aromatic rings. The molecule has 0 aliphatic heterocycles. The Kier molecular flexibility index (Phi) is 6.62. The lowest BCUT2D eigenvalue weighted by Crippen LogP contribution is -2.24. The van der Waals surface area contributed by atoms with Crippen molar-refractivity contribution in [1.29, 1.82) is 0 Å². The molecule has 0 saturated heterocycles. The second-order valence-electron chi connectivity index (χ2n) is 7.51. The van der Waals surface area contributed by atoms with Crippen molar-refractivity contribution in [3.8, 4) is 0 Å². The van der Waals surface area contributed by atoms with Crippen molar-refractivity contribution in [3.63, 3.8) is 0 Å². The normalized spacial score (nSPS) is 12.1. The van der Waals surface area contributed by atoms with Crippen LogP contribution >= 0.6 is 0 Å². The summed E-state index contributed by atoms with van der Waals surface area (Å²) in [5, 5.41) is 2.92. The van der Waals surface area contributed by atoms with E-state index in [2.05, 4.69) is 5.32 Å². The zero-order valence-electron chi connectivity index (χ0n) is 17.1. The molecule has 28 heavy (non-hydrogen) atoms. The minimum atomic E-state index is -4.00. The maximum atomic E-state index is 14.1. The average molecular weight is 407 g/mol. The Morgan fingerprint density at radius 2 is 1.54 bits per heavy atom. The smallest absolute Gasteiger partial charge is 0.255 e. The highest BCUT2D eigenvalue weighted by Gasteiger charge is 2.24. The minimum Gasteiger partial charge on any atom is -0.321 e. The number of hydrogen-bond donors (Lipinski definition) is 1. The number of nitrogens with zero attached hydrogens (tertiary/aromatic N) is 1. The van der Waals surface area contributed by atoms with E-state index >= 15 is 0 Å². The van der Waals surface area contributed by atoms with E-state index in [-0.39, 0.29) is 17.4 Å². The van der Waals surface area contributed by atoms with Gasteiger partial charge in [0.05, 0.1) is 0 Å². The molecule has 0 bridgehead atoms. The van der Waals surface area contributed by atoms with Gasteiger partial charge >= 0.3 is 0 Å². The third-order valence-electron chi connectivity index (χ3n) is 4.56. The van der Waals surface area contributed by atoms with E-state index in [1.165, 1.54) is 20.2 Å². The first kappa shape index (κ1) is 22.0. The number of amides is 1. The summed E-state index contributed by atoms with van der Waals surface area (Å²) in [6.45, 7) is 8.15. The van der Waals surface area contributed by atoms with Gasteiger partial charge in [-0.3, -0.25) is 4.79 Å². The molecule has 0 unspecified atom stereocenters. The predicted octanol–water partition coefficient (Wildman–Crippen LogP) is 4.58. The summed E-state index contributed by atoms with van der Waals surface area (Å²) < 4.78 is 39.7. The molecule has 2 rings (SSSR count). The quantitative estimate of drug-likeness (QED) is 0.764.